The maximum atomic E-state index is 6.79. The van der Waals surface area contributed by atoms with Gasteiger partial charge in [0, 0.05) is 18.6 Å². The van der Waals surface area contributed by atoms with E-state index in [0.29, 0.717) is 17.7 Å². The highest BCUT2D eigenvalue weighted by molar-refractivity contribution is 7.71. The molecule has 1 aliphatic rings. The lowest BCUT2D eigenvalue weighted by atomic mass is 9.88. The molecule has 1 heterocycles. The Morgan fingerprint density at radius 2 is 2.18 bits per heavy atom. The van der Waals surface area contributed by atoms with E-state index in [4.69, 9.17) is 40.2 Å². The average Bonchev–Trinajstić information content (AvgIpc) is 3.14. The largest absolute Gasteiger partial charge is 0.374 e. The zero-order chi connectivity index (χ0) is 15.8. The van der Waals surface area contributed by atoms with Crippen LogP contribution in [-0.4, -0.2) is 32.3 Å². The number of methoxy groups -OCH3 is 1. The van der Waals surface area contributed by atoms with Crippen LogP contribution in [0.2, 0.25) is 5.02 Å². The van der Waals surface area contributed by atoms with Crippen LogP contribution in [0, 0.1) is 4.77 Å². The molecule has 3 rings (SSSR count). The molecule has 4 nitrogen and oxygen atoms in total. The Morgan fingerprint density at radius 3 is 2.73 bits per heavy atom. The summed E-state index contributed by atoms with van der Waals surface area (Å²) in [7, 11) is 1.69. The Bertz CT molecular complexity index is 725. The van der Waals surface area contributed by atoms with E-state index in [1.807, 2.05) is 24.3 Å². The molecular formula is C15H17Cl2N3OS. The Kier molecular flexibility index (Phi) is 4.34. The van der Waals surface area contributed by atoms with Crippen LogP contribution in [-0.2, 0) is 17.7 Å². The van der Waals surface area contributed by atoms with Gasteiger partial charge < -0.3 is 4.74 Å². The highest BCUT2D eigenvalue weighted by Crippen LogP contribution is 2.54. The van der Waals surface area contributed by atoms with Crippen molar-refractivity contribution in [2.24, 2.45) is 0 Å². The third-order valence-electron chi connectivity index (χ3n) is 4.36. The van der Waals surface area contributed by atoms with Crippen LogP contribution in [0.3, 0.4) is 0 Å². The number of alkyl halides is 1. The van der Waals surface area contributed by atoms with Crippen LogP contribution in [0.25, 0.3) is 0 Å². The number of nitrogens with one attached hydrogen (secondary N) is 1. The van der Waals surface area contributed by atoms with E-state index in [-0.39, 0.29) is 0 Å². The first kappa shape index (κ1) is 16.0. The van der Waals surface area contributed by atoms with Gasteiger partial charge in [0.05, 0.1) is 11.4 Å². The van der Waals surface area contributed by atoms with Crippen molar-refractivity contribution in [1.29, 1.82) is 0 Å². The molecule has 1 unspecified atom stereocenters. The molecule has 0 amide bonds. The lowest BCUT2D eigenvalue weighted by Gasteiger charge is -2.37. The Hall–Kier alpha value is -0.880. The quantitative estimate of drug-likeness (QED) is 0.627. The van der Waals surface area contributed by atoms with Crippen LogP contribution in [0.1, 0.15) is 18.4 Å². The van der Waals surface area contributed by atoms with E-state index in [9.17, 15) is 0 Å². The zero-order valence-corrected chi connectivity index (χ0v) is 14.5. The fraction of sp³-hybridized carbons (Fsp3) is 0.467. The van der Waals surface area contributed by atoms with Crippen molar-refractivity contribution >= 4 is 35.4 Å². The van der Waals surface area contributed by atoms with Gasteiger partial charge in [-0.3, -0.25) is 9.78 Å². The van der Waals surface area contributed by atoms with Crippen molar-refractivity contribution in [3.8, 4) is 0 Å². The normalized spacial score (nSPS) is 18.9. The molecular weight excluding hydrogens is 341 g/mol. The molecule has 0 bridgehead atoms. The summed E-state index contributed by atoms with van der Waals surface area (Å²) in [4.78, 5) is 3.66. The molecule has 0 spiro atoms. The SMILES string of the molecule is COC(Cc1ccccc1Cl)(Cn1[nH]cnc1=S)C1(Cl)CC1. The highest BCUT2D eigenvalue weighted by atomic mass is 35.5. The van der Waals surface area contributed by atoms with Crippen LogP contribution in [0.15, 0.2) is 30.6 Å². The molecule has 2 aromatic rings. The topological polar surface area (TPSA) is 42.8 Å². The second kappa shape index (κ2) is 5.96. The number of rotatable bonds is 6. The van der Waals surface area contributed by atoms with E-state index in [2.05, 4.69) is 10.1 Å². The molecule has 7 heteroatoms. The summed E-state index contributed by atoms with van der Waals surface area (Å²) in [5.41, 5.74) is 0.425. The lowest BCUT2D eigenvalue weighted by Crippen LogP contribution is -2.49. The van der Waals surface area contributed by atoms with E-state index in [1.165, 1.54) is 0 Å². The fourth-order valence-electron chi connectivity index (χ4n) is 2.84. The molecule has 118 valence electrons. The zero-order valence-electron chi connectivity index (χ0n) is 12.2. The maximum absolute atomic E-state index is 6.79. The number of hydrogen-bond acceptors (Lipinski definition) is 3. The molecule has 1 N–H and O–H groups in total. The second-order valence-corrected chi connectivity index (χ2v) is 7.18. The van der Waals surface area contributed by atoms with Gasteiger partial charge in [0.25, 0.3) is 0 Å². The smallest absolute Gasteiger partial charge is 0.215 e. The van der Waals surface area contributed by atoms with Crippen molar-refractivity contribution < 1.29 is 4.74 Å². The predicted molar refractivity (Wildman–Crippen MR) is 90.1 cm³/mol. The molecule has 0 aliphatic heterocycles. The van der Waals surface area contributed by atoms with E-state index in [0.717, 1.165) is 23.4 Å². The first-order valence-corrected chi connectivity index (χ1v) is 8.24. The fourth-order valence-corrected chi connectivity index (χ4v) is 3.51. The van der Waals surface area contributed by atoms with Crippen molar-refractivity contribution in [2.75, 3.05) is 7.11 Å². The summed E-state index contributed by atoms with van der Waals surface area (Å²) in [5, 5.41) is 3.75. The molecule has 1 aromatic heterocycles. The maximum Gasteiger partial charge on any atom is 0.215 e. The number of ether oxygens (including phenoxy) is 1. The van der Waals surface area contributed by atoms with Crippen LogP contribution >= 0.6 is 35.4 Å². The van der Waals surface area contributed by atoms with Gasteiger partial charge in [0.1, 0.15) is 11.9 Å². The van der Waals surface area contributed by atoms with Crippen LogP contribution in [0.4, 0.5) is 0 Å². The summed E-state index contributed by atoms with van der Waals surface area (Å²) >= 11 is 18.3. The van der Waals surface area contributed by atoms with Gasteiger partial charge in [-0.2, -0.15) is 0 Å². The average molecular weight is 358 g/mol. The van der Waals surface area contributed by atoms with Crippen LogP contribution in [0.5, 0.6) is 0 Å². The lowest BCUT2D eigenvalue weighted by molar-refractivity contribution is -0.0368. The van der Waals surface area contributed by atoms with Gasteiger partial charge in [0.2, 0.25) is 4.77 Å². The highest BCUT2D eigenvalue weighted by Gasteiger charge is 2.59. The van der Waals surface area contributed by atoms with Crippen LogP contribution < -0.4 is 0 Å². The summed E-state index contributed by atoms with van der Waals surface area (Å²) in [5.74, 6) is 0. The summed E-state index contributed by atoms with van der Waals surface area (Å²) in [6, 6.07) is 7.77. The molecule has 22 heavy (non-hydrogen) atoms. The van der Waals surface area contributed by atoms with Crippen molar-refractivity contribution in [2.45, 2.75) is 36.3 Å². The number of nitrogens with zero attached hydrogens (tertiary/aromatic N) is 2. The number of aromatic nitrogens is 3. The van der Waals surface area contributed by atoms with Gasteiger partial charge in [0.15, 0.2) is 0 Å². The third kappa shape index (κ3) is 2.83. The van der Waals surface area contributed by atoms with E-state index >= 15 is 0 Å². The molecule has 1 saturated carbocycles. The standard InChI is InChI=1S/C15H17Cl2N3OS/c1-21-15(14(17)6-7-14,9-20-13(22)18-10-19-20)8-11-4-2-3-5-12(11)16/h2-5,10H,6-9H2,1H3,(H,18,19,22). The predicted octanol–water partition coefficient (Wildman–Crippen LogP) is 3.99. The molecule has 1 aliphatic carbocycles. The van der Waals surface area contributed by atoms with Gasteiger partial charge in [-0.05, 0) is 36.7 Å². The Balaban J connectivity index is 1.98. The number of benzene rings is 1. The van der Waals surface area contributed by atoms with Crippen molar-refractivity contribution in [1.82, 2.24) is 14.8 Å². The second-order valence-electron chi connectivity index (χ2n) is 5.69. The van der Waals surface area contributed by atoms with Crippen molar-refractivity contribution in [3.05, 3.63) is 45.9 Å². The molecule has 0 radical (unpaired) electrons. The summed E-state index contributed by atoms with van der Waals surface area (Å²) < 4.78 is 8.22. The van der Waals surface area contributed by atoms with E-state index in [1.54, 1.807) is 18.1 Å². The number of halogens is 2. The van der Waals surface area contributed by atoms with E-state index < -0.39 is 10.5 Å². The summed E-state index contributed by atoms with van der Waals surface area (Å²) in [6.45, 7) is 0.511. The molecule has 0 saturated heterocycles. The third-order valence-corrected chi connectivity index (χ3v) is 5.78. The van der Waals surface area contributed by atoms with Crippen molar-refractivity contribution in [3.63, 3.8) is 0 Å². The molecule has 1 atom stereocenters. The van der Waals surface area contributed by atoms with Gasteiger partial charge in [-0.25, -0.2) is 4.98 Å². The Morgan fingerprint density at radius 1 is 1.45 bits per heavy atom. The monoisotopic (exact) mass is 357 g/mol. The number of hydrogen-bond donors (Lipinski definition) is 1. The Labute approximate surface area is 144 Å². The van der Waals surface area contributed by atoms with Gasteiger partial charge in [-0.1, -0.05) is 29.8 Å². The number of aromatic amines is 1. The minimum atomic E-state index is -0.593. The first-order chi connectivity index (χ1) is 10.5. The minimum absolute atomic E-state index is 0.402. The minimum Gasteiger partial charge on any atom is -0.374 e. The molecule has 1 fully saturated rings. The molecule has 1 aromatic carbocycles. The van der Waals surface area contributed by atoms with Gasteiger partial charge >= 0.3 is 0 Å². The summed E-state index contributed by atoms with van der Waals surface area (Å²) in [6.07, 6.45) is 4.02. The van der Waals surface area contributed by atoms with Gasteiger partial charge in [-0.15, -0.1) is 11.6 Å². The number of H-pyrrole nitrogens is 1. The first-order valence-electron chi connectivity index (χ1n) is 7.07.